The minimum Gasteiger partial charge on any atom is -0.454 e. The van der Waals surface area contributed by atoms with Gasteiger partial charge in [-0.05, 0) is 29.8 Å². The Morgan fingerprint density at radius 2 is 2.07 bits per heavy atom. The molecular formula is C23H19N3O3. The number of hydrogen-bond donors (Lipinski definition) is 1. The minimum absolute atomic E-state index is 0.0484. The number of nitriles is 1. The zero-order valence-electron chi connectivity index (χ0n) is 15.7. The highest BCUT2D eigenvalue weighted by Gasteiger charge is 2.15. The Kier molecular flexibility index (Phi) is 5.04. The SMILES string of the molecule is C=CCn1cc(C=C(C#N)C(=O)NCc2ccc3c(c2)OCO3)c2ccccc21. The number of aromatic nitrogens is 1. The molecule has 1 N–H and O–H groups in total. The van der Waals surface area contributed by atoms with E-state index in [9.17, 15) is 10.1 Å². The van der Waals surface area contributed by atoms with Crippen molar-refractivity contribution in [3.8, 4) is 17.6 Å². The molecule has 0 unspecified atom stereocenters. The summed E-state index contributed by atoms with van der Waals surface area (Å²) in [4.78, 5) is 12.6. The zero-order chi connectivity index (χ0) is 20.2. The number of fused-ring (bicyclic) bond motifs is 2. The van der Waals surface area contributed by atoms with Crippen LogP contribution in [0.5, 0.6) is 11.5 Å². The molecule has 4 rings (SSSR count). The van der Waals surface area contributed by atoms with E-state index in [0.717, 1.165) is 22.0 Å². The third kappa shape index (κ3) is 3.71. The normalized spacial score (nSPS) is 12.6. The summed E-state index contributed by atoms with van der Waals surface area (Å²) in [5.41, 5.74) is 2.75. The fraction of sp³-hybridized carbons (Fsp3) is 0.130. The monoisotopic (exact) mass is 385 g/mol. The van der Waals surface area contributed by atoms with Crippen molar-refractivity contribution in [3.63, 3.8) is 0 Å². The molecular weight excluding hydrogens is 366 g/mol. The fourth-order valence-corrected chi connectivity index (χ4v) is 3.31. The molecule has 0 saturated heterocycles. The van der Waals surface area contributed by atoms with E-state index in [2.05, 4.69) is 11.9 Å². The third-order valence-corrected chi connectivity index (χ3v) is 4.70. The summed E-state index contributed by atoms with van der Waals surface area (Å²) in [6.07, 6.45) is 5.36. The maximum atomic E-state index is 12.6. The van der Waals surface area contributed by atoms with Crippen molar-refractivity contribution in [2.75, 3.05) is 6.79 Å². The van der Waals surface area contributed by atoms with Gasteiger partial charge in [-0.15, -0.1) is 6.58 Å². The summed E-state index contributed by atoms with van der Waals surface area (Å²) in [7, 11) is 0. The molecule has 0 radical (unpaired) electrons. The number of benzene rings is 2. The van der Waals surface area contributed by atoms with Crippen LogP contribution in [0.3, 0.4) is 0 Å². The van der Waals surface area contributed by atoms with Crippen molar-refractivity contribution in [2.24, 2.45) is 0 Å². The summed E-state index contributed by atoms with van der Waals surface area (Å²) in [5, 5.41) is 13.3. The molecule has 6 nitrogen and oxygen atoms in total. The van der Waals surface area contributed by atoms with Crippen molar-refractivity contribution in [2.45, 2.75) is 13.1 Å². The van der Waals surface area contributed by atoms with Crippen molar-refractivity contribution in [1.82, 2.24) is 9.88 Å². The van der Waals surface area contributed by atoms with Crippen LogP contribution in [0.25, 0.3) is 17.0 Å². The van der Waals surface area contributed by atoms with Crippen LogP contribution in [0.4, 0.5) is 0 Å². The molecule has 0 spiro atoms. The topological polar surface area (TPSA) is 76.3 Å². The maximum Gasteiger partial charge on any atom is 0.262 e. The molecule has 2 aromatic carbocycles. The lowest BCUT2D eigenvalue weighted by molar-refractivity contribution is -0.117. The lowest BCUT2D eigenvalue weighted by Gasteiger charge is -2.05. The Bertz CT molecular complexity index is 1170. The second-order valence-corrected chi connectivity index (χ2v) is 6.58. The van der Waals surface area contributed by atoms with E-state index >= 15 is 0 Å². The second kappa shape index (κ2) is 7.95. The predicted molar refractivity (Wildman–Crippen MR) is 110 cm³/mol. The van der Waals surface area contributed by atoms with Gasteiger partial charge in [-0.3, -0.25) is 4.79 Å². The van der Waals surface area contributed by atoms with Gasteiger partial charge in [-0.1, -0.05) is 30.3 Å². The molecule has 0 fully saturated rings. The van der Waals surface area contributed by atoms with Gasteiger partial charge in [-0.2, -0.15) is 5.26 Å². The summed E-state index contributed by atoms with van der Waals surface area (Å²) in [5.74, 6) is 0.919. The largest absolute Gasteiger partial charge is 0.454 e. The molecule has 1 amide bonds. The molecule has 1 aliphatic rings. The molecule has 1 aromatic heterocycles. The third-order valence-electron chi connectivity index (χ3n) is 4.70. The Morgan fingerprint density at radius 3 is 2.90 bits per heavy atom. The van der Waals surface area contributed by atoms with Crippen LogP contribution in [0, 0.1) is 11.3 Å². The van der Waals surface area contributed by atoms with Crippen LogP contribution in [0.2, 0.25) is 0 Å². The first-order valence-electron chi connectivity index (χ1n) is 9.17. The van der Waals surface area contributed by atoms with Gasteiger partial charge in [0.2, 0.25) is 6.79 Å². The van der Waals surface area contributed by atoms with E-state index in [-0.39, 0.29) is 18.9 Å². The summed E-state index contributed by atoms with van der Waals surface area (Å²) >= 11 is 0. The van der Waals surface area contributed by atoms with Gasteiger partial charge in [0.25, 0.3) is 5.91 Å². The number of rotatable bonds is 6. The van der Waals surface area contributed by atoms with Gasteiger partial charge < -0.3 is 19.4 Å². The molecule has 0 bridgehead atoms. The predicted octanol–water partition coefficient (Wildman–Crippen LogP) is 3.78. The number of ether oxygens (including phenoxy) is 2. The Balaban J connectivity index is 1.55. The van der Waals surface area contributed by atoms with Crippen LogP contribution < -0.4 is 14.8 Å². The standard InChI is InChI=1S/C23H19N3O3/c1-2-9-26-14-18(19-5-3-4-6-20(19)26)11-17(12-24)23(27)25-13-16-7-8-21-22(10-16)29-15-28-21/h2-8,10-11,14H,1,9,13,15H2,(H,25,27). The summed E-state index contributed by atoms with van der Waals surface area (Å²) in [6.45, 7) is 4.91. The number of nitrogens with zero attached hydrogens (tertiary/aromatic N) is 2. The molecule has 2 heterocycles. The van der Waals surface area contributed by atoms with Gasteiger partial charge in [0, 0.05) is 35.8 Å². The van der Waals surface area contributed by atoms with E-state index in [1.165, 1.54) is 0 Å². The second-order valence-electron chi connectivity index (χ2n) is 6.58. The Labute approximate surface area is 168 Å². The smallest absolute Gasteiger partial charge is 0.262 e. The summed E-state index contributed by atoms with van der Waals surface area (Å²) in [6, 6.07) is 15.4. The number of allylic oxidation sites excluding steroid dienone is 1. The fourth-order valence-electron chi connectivity index (χ4n) is 3.31. The average Bonchev–Trinajstić information content (AvgIpc) is 3.35. The van der Waals surface area contributed by atoms with E-state index < -0.39 is 5.91 Å². The zero-order valence-corrected chi connectivity index (χ0v) is 15.7. The molecule has 6 heteroatoms. The van der Waals surface area contributed by atoms with Crippen LogP contribution in [0.15, 0.2) is 66.9 Å². The minimum atomic E-state index is -0.425. The molecule has 29 heavy (non-hydrogen) atoms. The molecule has 144 valence electrons. The number of hydrogen-bond acceptors (Lipinski definition) is 4. The van der Waals surface area contributed by atoms with Crippen LogP contribution in [0.1, 0.15) is 11.1 Å². The Hall–Kier alpha value is -3.98. The number of amides is 1. The lowest BCUT2D eigenvalue weighted by atomic mass is 10.1. The van der Waals surface area contributed by atoms with Crippen molar-refractivity contribution in [3.05, 3.63) is 78.0 Å². The molecule has 0 aliphatic carbocycles. The quantitative estimate of drug-likeness (QED) is 0.398. The Morgan fingerprint density at radius 1 is 1.24 bits per heavy atom. The molecule has 3 aromatic rings. The van der Waals surface area contributed by atoms with E-state index in [4.69, 9.17) is 9.47 Å². The lowest BCUT2D eigenvalue weighted by Crippen LogP contribution is -2.23. The summed E-state index contributed by atoms with van der Waals surface area (Å²) < 4.78 is 12.7. The maximum absolute atomic E-state index is 12.6. The first-order valence-corrected chi connectivity index (χ1v) is 9.17. The van der Waals surface area contributed by atoms with E-state index in [1.54, 1.807) is 12.1 Å². The number of carbonyl (C=O) groups is 1. The highest BCUT2D eigenvalue weighted by molar-refractivity contribution is 6.04. The van der Waals surface area contributed by atoms with Crippen LogP contribution in [-0.4, -0.2) is 17.3 Å². The van der Waals surface area contributed by atoms with Crippen molar-refractivity contribution < 1.29 is 14.3 Å². The number of carbonyl (C=O) groups excluding carboxylic acids is 1. The average molecular weight is 385 g/mol. The first kappa shape index (κ1) is 18.4. The van der Waals surface area contributed by atoms with Gasteiger partial charge in [-0.25, -0.2) is 0 Å². The van der Waals surface area contributed by atoms with Crippen molar-refractivity contribution in [1.29, 1.82) is 5.26 Å². The van der Waals surface area contributed by atoms with E-state index in [0.29, 0.717) is 18.0 Å². The van der Waals surface area contributed by atoms with Crippen molar-refractivity contribution >= 4 is 22.9 Å². The number of para-hydroxylation sites is 1. The van der Waals surface area contributed by atoms with Gasteiger partial charge >= 0.3 is 0 Å². The molecule has 1 aliphatic heterocycles. The number of nitrogens with one attached hydrogen (secondary N) is 1. The molecule has 0 saturated carbocycles. The first-order chi connectivity index (χ1) is 14.2. The highest BCUT2D eigenvalue weighted by atomic mass is 16.7. The molecule has 0 atom stereocenters. The van der Waals surface area contributed by atoms with Crippen LogP contribution >= 0.6 is 0 Å². The van der Waals surface area contributed by atoms with E-state index in [1.807, 2.05) is 59.3 Å². The van der Waals surface area contributed by atoms with Gasteiger partial charge in [0.15, 0.2) is 11.5 Å². The van der Waals surface area contributed by atoms with Crippen LogP contribution in [-0.2, 0) is 17.9 Å². The van der Waals surface area contributed by atoms with Gasteiger partial charge in [0.1, 0.15) is 11.6 Å². The highest BCUT2D eigenvalue weighted by Crippen LogP contribution is 2.32. The van der Waals surface area contributed by atoms with Gasteiger partial charge in [0.05, 0.1) is 0 Å².